The summed E-state index contributed by atoms with van der Waals surface area (Å²) in [6, 6.07) is 12.6. The molecule has 0 bridgehead atoms. The van der Waals surface area contributed by atoms with Gasteiger partial charge in [0, 0.05) is 17.8 Å². The van der Waals surface area contributed by atoms with E-state index in [-0.39, 0.29) is 11.7 Å². The van der Waals surface area contributed by atoms with Crippen LogP contribution < -0.4 is 10.1 Å². The van der Waals surface area contributed by atoms with Crippen molar-refractivity contribution in [2.24, 2.45) is 0 Å². The molecule has 1 atom stereocenters. The number of fused-ring (bicyclic) bond motifs is 1. The van der Waals surface area contributed by atoms with E-state index in [9.17, 15) is 9.90 Å². The summed E-state index contributed by atoms with van der Waals surface area (Å²) in [5.41, 5.74) is 1.92. The summed E-state index contributed by atoms with van der Waals surface area (Å²) in [5.74, 6) is 0.286. The number of ether oxygens (including phenoxy) is 1. The predicted octanol–water partition coefficient (Wildman–Crippen LogP) is 3.15. The van der Waals surface area contributed by atoms with Gasteiger partial charge in [-0.1, -0.05) is 30.3 Å². The van der Waals surface area contributed by atoms with Gasteiger partial charge in [0.15, 0.2) is 11.5 Å². The van der Waals surface area contributed by atoms with Gasteiger partial charge in [-0.05, 0) is 18.2 Å². The first-order valence-corrected chi connectivity index (χ1v) is 7.30. The summed E-state index contributed by atoms with van der Waals surface area (Å²) in [6.07, 6.45) is 1.17. The van der Waals surface area contributed by atoms with E-state index < -0.39 is 6.17 Å². The number of anilines is 1. The number of benzene rings is 2. The predicted molar refractivity (Wildman–Crippen MR) is 88.7 cm³/mol. The van der Waals surface area contributed by atoms with E-state index in [0.717, 1.165) is 5.69 Å². The quantitative estimate of drug-likeness (QED) is 0.852. The summed E-state index contributed by atoms with van der Waals surface area (Å²) in [5, 5.41) is 13.7. The molecule has 1 amide bonds. The van der Waals surface area contributed by atoms with Crippen LogP contribution in [0.25, 0.3) is 0 Å². The van der Waals surface area contributed by atoms with Crippen molar-refractivity contribution in [2.45, 2.75) is 6.17 Å². The highest BCUT2D eigenvalue weighted by Gasteiger charge is 2.33. The number of hydrogen-bond donors (Lipinski definition) is 2. The van der Waals surface area contributed by atoms with Gasteiger partial charge in [-0.3, -0.25) is 4.79 Å². The molecule has 0 saturated heterocycles. The van der Waals surface area contributed by atoms with E-state index in [1.54, 1.807) is 35.2 Å². The van der Waals surface area contributed by atoms with Crippen LogP contribution in [0.3, 0.4) is 0 Å². The maximum Gasteiger partial charge on any atom is 0.258 e. The second kappa shape index (κ2) is 6.04. The Morgan fingerprint density at radius 3 is 2.83 bits per heavy atom. The molecular formula is C18H18N2O3. The summed E-state index contributed by atoms with van der Waals surface area (Å²) in [6.45, 7) is 4.08. The van der Waals surface area contributed by atoms with Crippen molar-refractivity contribution >= 4 is 11.6 Å². The number of nitrogens with one attached hydrogen (secondary N) is 1. The number of carbonyl (C=O) groups is 1. The van der Waals surface area contributed by atoms with E-state index in [0.29, 0.717) is 23.4 Å². The molecule has 0 radical (unpaired) electrons. The van der Waals surface area contributed by atoms with Gasteiger partial charge in [-0.25, -0.2) is 0 Å². The minimum absolute atomic E-state index is 0.0220. The third-order valence-electron chi connectivity index (χ3n) is 3.89. The Bertz CT molecular complexity index is 758. The van der Waals surface area contributed by atoms with E-state index in [2.05, 4.69) is 11.9 Å². The van der Waals surface area contributed by atoms with Crippen molar-refractivity contribution in [3.63, 3.8) is 0 Å². The molecule has 0 spiro atoms. The maximum absolute atomic E-state index is 12.8. The Balaban J connectivity index is 2.10. The van der Waals surface area contributed by atoms with Crippen LogP contribution in [0.2, 0.25) is 0 Å². The van der Waals surface area contributed by atoms with Crippen molar-refractivity contribution < 1.29 is 14.6 Å². The van der Waals surface area contributed by atoms with E-state index in [1.807, 2.05) is 18.2 Å². The zero-order valence-electron chi connectivity index (χ0n) is 12.8. The second-order valence-electron chi connectivity index (χ2n) is 5.24. The number of nitrogens with zero attached hydrogens (tertiary/aromatic N) is 1. The Hall–Kier alpha value is -2.95. The topological polar surface area (TPSA) is 61.8 Å². The molecule has 118 valence electrons. The number of phenolic OH excluding ortho intramolecular Hbond substituents is 1. The molecular weight excluding hydrogens is 292 g/mol. The molecule has 1 aliphatic rings. The van der Waals surface area contributed by atoms with Crippen molar-refractivity contribution in [3.05, 3.63) is 66.2 Å². The van der Waals surface area contributed by atoms with Crippen LogP contribution in [0.5, 0.6) is 11.5 Å². The van der Waals surface area contributed by atoms with Crippen LogP contribution in [0, 0.1) is 0 Å². The zero-order valence-corrected chi connectivity index (χ0v) is 12.8. The van der Waals surface area contributed by atoms with Gasteiger partial charge in [0.1, 0.15) is 6.17 Å². The molecule has 5 heteroatoms. The van der Waals surface area contributed by atoms with Gasteiger partial charge >= 0.3 is 0 Å². The third-order valence-corrected chi connectivity index (χ3v) is 3.89. The number of amides is 1. The smallest absolute Gasteiger partial charge is 0.258 e. The van der Waals surface area contributed by atoms with Crippen molar-refractivity contribution in [3.8, 4) is 11.5 Å². The maximum atomic E-state index is 12.8. The number of methoxy groups -OCH3 is 1. The number of carbonyl (C=O) groups excluding carboxylic acids is 1. The lowest BCUT2D eigenvalue weighted by Crippen LogP contribution is -2.43. The number of phenols is 1. The van der Waals surface area contributed by atoms with Gasteiger partial charge in [0.2, 0.25) is 0 Å². The highest BCUT2D eigenvalue weighted by atomic mass is 16.5. The van der Waals surface area contributed by atoms with E-state index in [1.165, 1.54) is 7.11 Å². The first kappa shape index (κ1) is 15.0. The molecule has 0 aliphatic carbocycles. The van der Waals surface area contributed by atoms with Crippen LogP contribution >= 0.6 is 0 Å². The van der Waals surface area contributed by atoms with Gasteiger partial charge in [0.05, 0.1) is 12.7 Å². The first-order chi connectivity index (χ1) is 11.2. The minimum Gasteiger partial charge on any atom is -0.504 e. The second-order valence-corrected chi connectivity index (χ2v) is 5.24. The summed E-state index contributed by atoms with van der Waals surface area (Å²) in [7, 11) is 1.50. The number of rotatable bonds is 4. The van der Waals surface area contributed by atoms with Crippen LogP contribution in [0.1, 0.15) is 22.1 Å². The fourth-order valence-corrected chi connectivity index (χ4v) is 2.79. The fourth-order valence-electron chi connectivity index (χ4n) is 2.79. The van der Waals surface area contributed by atoms with Crippen molar-refractivity contribution in [1.82, 2.24) is 4.90 Å². The molecule has 2 aromatic rings. The lowest BCUT2D eigenvalue weighted by atomic mass is 10.0. The number of para-hydroxylation sites is 2. The average molecular weight is 310 g/mol. The van der Waals surface area contributed by atoms with Crippen LogP contribution in [-0.4, -0.2) is 29.6 Å². The van der Waals surface area contributed by atoms with Crippen LogP contribution in [0.4, 0.5) is 5.69 Å². The van der Waals surface area contributed by atoms with Gasteiger partial charge in [0.25, 0.3) is 5.91 Å². The van der Waals surface area contributed by atoms with E-state index in [4.69, 9.17) is 4.74 Å². The normalized spacial score (nSPS) is 16.5. The summed E-state index contributed by atoms with van der Waals surface area (Å²) in [4.78, 5) is 14.4. The third kappa shape index (κ3) is 2.50. The molecule has 0 fully saturated rings. The van der Waals surface area contributed by atoms with E-state index >= 15 is 0 Å². The molecule has 2 aromatic carbocycles. The van der Waals surface area contributed by atoms with Gasteiger partial charge in [-0.15, -0.1) is 6.58 Å². The summed E-state index contributed by atoms with van der Waals surface area (Å²) < 4.78 is 5.17. The molecule has 2 N–H and O–H groups in total. The Labute approximate surface area is 134 Å². The molecule has 3 rings (SSSR count). The molecule has 0 saturated carbocycles. The Morgan fingerprint density at radius 2 is 2.09 bits per heavy atom. The van der Waals surface area contributed by atoms with Gasteiger partial charge < -0.3 is 20.1 Å². The highest BCUT2D eigenvalue weighted by Crippen LogP contribution is 2.39. The minimum atomic E-state index is -0.495. The highest BCUT2D eigenvalue weighted by molar-refractivity contribution is 6.01. The Morgan fingerprint density at radius 1 is 1.30 bits per heavy atom. The average Bonchev–Trinajstić information content (AvgIpc) is 2.58. The molecule has 0 unspecified atom stereocenters. The molecule has 23 heavy (non-hydrogen) atoms. The zero-order chi connectivity index (χ0) is 16.4. The fraction of sp³-hybridized carbons (Fsp3) is 0.167. The molecule has 1 heterocycles. The molecule has 1 aliphatic heterocycles. The van der Waals surface area contributed by atoms with Crippen molar-refractivity contribution in [1.29, 1.82) is 0 Å². The lowest BCUT2D eigenvalue weighted by Gasteiger charge is -2.37. The number of aromatic hydroxyl groups is 1. The molecule has 5 nitrogen and oxygen atoms in total. The monoisotopic (exact) mass is 310 g/mol. The first-order valence-electron chi connectivity index (χ1n) is 7.30. The van der Waals surface area contributed by atoms with Crippen molar-refractivity contribution in [2.75, 3.05) is 19.0 Å². The standard InChI is InChI=1S/C18H18N2O3/c1-3-11-20-17(13-8-6-10-15(23-2)16(13)21)19-14-9-5-4-7-12(14)18(20)22/h3-10,17,19,21H,1,11H2,2H3/t17-/m0/s1. The molecule has 0 aromatic heterocycles. The number of hydrogen-bond acceptors (Lipinski definition) is 4. The summed E-state index contributed by atoms with van der Waals surface area (Å²) >= 11 is 0. The van der Waals surface area contributed by atoms with Crippen LogP contribution in [-0.2, 0) is 0 Å². The SMILES string of the molecule is C=CCN1C(=O)c2ccccc2N[C@@H]1c1cccc(OC)c1O. The Kier molecular flexibility index (Phi) is 3.93. The lowest BCUT2D eigenvalue weighted by molar-refractivity contribution is 0.0705. The largest absolute Gasteiger partial charge is 0.504 e. The van der Waals surface area contributed by atoms with Crippen LogP contribution in [0.15, 0.2) is 55.1 Å². The van der Waals surface area contributed by atoms with Gasteiger partial charge in [-0.2, -0.15) is 0 Å².